The lowest BCUT2D eigenvalue weighted by atomic mass is 10.1. The van der Waals surface area contributed by atoms with Gasteiger partial charge < -0.3 is 5.32 Å². The van der Waals surface area contributed by atoms with Gasteiger partial charge in [-0.3, -0.25) is 9.36 Å². The minimum absolute atomic E-state index is 0.751. The Kier molecular flexibility index (Phi) is 4.37. The lowest BCUT2D eigenvalue weighted by molar-refractivity contribution is 0.615. The van der Waals surface area contributed by atoms with Gasteiger partial charge in [0.1, 0.15) is 0 Å². The summed E-state index contributed by atoms with van der Waals surface area (Å²) >= 11 is 0. The molecule has 5 heteroatoms. The zero-order chi connectivity index (χ0) is 13.8. The van der Waals surface area contributed by atoms with Crippen molar-refractivity contribution in [1.82, 2.24) is 24.9 Å². The fraction of sp³-hybridized carbons (Fsp3) is 0.571. The summed E-state index contributed by atoms with van der Waals surface area (Å²) in [6, 6.07) is 2.05. The molecule has 0 amide bonds. The van der Waals surface area contributed by atoms with Gasteiger partial charge in [0.05, 0.1) is 17.9 Å². The van der Waals surface area contributed by atoms with Gasteiger partial charge in [-0.15, -0.1) is 0 Å². The van der Waals surface area contributed by atoms with Crippen LogP contribution >= 0.6 is 0 Å². The molecule has 0 saturated heterocycles. The minimum atomic E-state index is 0.751. The van der Waals surface area contributed by atoms with Gasteiger partial charge in [-0.05, 0) is 26.0 Å². The minimum Gasteiger partial charge on any atom is -0.316 e. The molecule has 2 rings (SSSR count). The number of rotatable bonds is 6. The SMILES string of the molecule is CCc1nn(Cc2ccn(C)n2)c(CC)c1CNC. The van der Waals surface area contributed by atoms with Crippen LogP contribution in [0, 0.1) is 0 Å². The van der Waals surface area contributed by atoms with Crippen LogP contribution in [0.25, 0.3) is 0 Å². The van der Waals surface area contributed by atoms with Crippen LogP contribution in [-0.2, 0) is 33.0 Å². The lowest BCUT2D eigenvalue weighted by Crippen LogP contribution is -2.11. The van der Waals surface area contributed by atoms with E-state index < -0.39 is 0 Å². The molecule has 0 fully saturated rings. The first kappa shape index (κ1) is 13.8. The maximum atomic E-state index is 4.75. The molecule has 0 unspecified atom stereocenters. The summed E-state index contributed by atoms with van der Waals surface area (Å²) in [5.74, 6) is 0. The molecule has 0 radical (unpaired) electrons. The number of nitrogens with zero attached hydrogens (tertiary/aromatic N) is 4. The summed E-state index contributed by atoms with van der Waals surface area (Å²) in [6.45, 7) is 5.98. The standard InChI is InChI=1S/C14H23N5/c1-5-13-12(9-15-3)14(6-2)19(17-13)10-11-7-8-18(4)16-11/h7-8,15H,5-6,9-10H2,1-4H3. The van der Waals surface area contributed by atoms with Crippen molar-refractivity contribution in [3.05, 3.63) is 34.9 Å². The highest BCUT2D eigenvalue weighted by Crippen LogP contribution is 2.17. The van der Waals surface area contributed by atoms with Crippen LogP contribution in [0.2, 0.25) is 0 Å². The van der Waals surface area contributed by atoms with Crippen LogP contribution in [0.1, 0.15) is 36.5 Å². The Hall–Kier alpha value is -1.62. The molecule has 0 bridgehead atoms. The molecule has 0 aliphatic carbocycles. The van der Waals surface area contributed by atoms with Crippen LogP contribution in [0.5, 0.6) is 0 Å². The van der Waals surface area contributed by atoms with Crippen LogP contribution in [-0.4, -0.2) is 26.6 Å². The molecule has 0 saturated carbocycles. The average Bonchev–Trinajstić information content (AvgIpc) is 2.94. The third kappa shape index (κ3) is 2.87. The molecular weight excluding hydrogens is 238 g/mol. The van der Waals surface area contributed by atoms with E-state index in [1.807, 2.05) is 31.0 Å². The Morgan fingerprint density at radius 3 is 2.53 bits per heavy atom. The van der Waals surface area contributed by atoms with Crippen molar-refractivity contribution in [3.8, 4) is 0 Å². The normalized spacial score (nSPS) is 11.2. The average molecular weight is 261 g/mol. The Balaban J connectivity index is 2.33. The van der Waals surface area contributed by atoms with E-state index in [-0.39, 0.29) is 0 Å². The first-order chi connectivity index (χ1) is 9.19. The van der Waals surface area contributed by atoms with Gasteiger partial charge in [0.2, 0.25) is 0 Å². The van der Waals surface area contributed by atoms with Gasteiger partial charge >= 0.3 is 0 Å². The molecule has 2 heterocycles. The van der Waals surface area contributed by atoms with E-state index in [1.165, 1.54) is 17.0 Å². The summed E-state index contributed by atoms with van der Waals surface area (Å²) in [7, 11) is 3.92. The van der Waals surface area contributed by atoms with Gasteiger partial charge in [0.25, 0.3) is 0 Å². The second-order valence-corrected chi connectivity index (χ2v) is 4.75. The monoisotopic (exact) mass is 261 g/mol. The van der Waals surface area contributed by atoms with Crippen molar-refractivity contribution in [2.45, 2.75) is 39.8 Å². The lowest BCUT2D eigenvalue weighted by Gasteiger charge is -2.06. The first-order valence-corrected chi connectivity index (χ1v) is 6.90. The summed E-state index contributed by atoms with van der Waals surface area (Å²) in [5, 5.41) is 12.4. The smallest absolute Gasteiger partial charge is 0.0853 e. The third-order valence-electron chi connectivity index (χ3n) is 3.35. The van der Waals surface area contributed by atoms with E-state index in [2.05, 4.69) is 28.9 Å². The Labute approximate surface area is 114 Å². The van der Waals surface area contributed by atoms with E-state index in [4.69, 9.17) is 5.10 Å². The zero-order valence-corrected chi connectivity index (χ0v) is 12.3. The van der Waals surface area contributed by atoms with Crippen molar-refractivity contribution in [2.75, 3.05) is 7.05 Å². The van der Waals surface area contributed by atoms with E-state index in [0.29, 0.717) is 0 Å². The molecule has 19 heavy (non-hydrogen) atoms. The van der Waals surface area contributed by atoms with E-state index in [1.54, 1.807) is 0 Å². The molecule has 5 nitrogen and oxygen atoms in total. The highest BCUT2D eigenvalue weighted by molar-refractivity contribution is 5.27. The molecule has 2 aromatic heterocycles. The first-order valence-electron chi connectivity index (χ1n) is 6.90. The van der Waals surface area contributed by atoms with Gasteiger partial charge in [-0.2, -0.15) is 10.2 Å². The van der Waals surface area contributed by atoms with Crippen molar-refractivity contribution in [3.63, 3.8) is 0 Å². The predicted octanol–water partition coefficient (Wildman–Crippen LogP) is 1.51. The predicted molar refractivity (Wildman–Crippen MR) is 76.1 cm³/mol. The molecule has 0 spiro atoms. The van der Waals surface area contributed by atoms with E-state index in [9.17, 15) is 0 Å². The molecular formula is C14H23N5. The molecule has 0 aliphatic rings. The van der Waals surface area contributed by atoms with Crippen LogP contribution in [0.15, 0.2) is 12.3 Å². The second kappa shape index (κ2) is 6.02. The maximum absolute atomic E-state index is 4.75. The number of aryl methyl sites for hydroxylation is 2. The summed E-state index contributed by atoms with van der Waals surface area (Å²) < 4.78 is 3.94. The van der Waals surface area contributed by atoms with Gasteiger partial charge in [0.15, 0.2) is 0 Å². The molecule has 2 aromatic rings. The quantitative estimate of drug-likeness (QED) is 0.857. The Bertz CT molecular complexity index is 538. The molecule has 1 N–H and O–H groups in total. The number of aromatic nitrogens is 4. The van der Waals surface area contributed by atoms with Gasteiger partial charge in [-0.25, -0.2) is 0 Å². The van der Waals surface area contributed by atoms with Crippen molar-refractivity contribution in [2.24, 2.45) is 7.05 Å². The van der Waals surface area contributed by atoms with Crippen LogP contribution in [0.3, 0.4) is 0 Å². The van der Waals surface area contributed by atoms with Crippen molar-refractivity contribution < 1.29 is 0 Å². The van der Waals surface area contributed by atoms with E-state index in [0.717, 1.165) is 31.6 Å². The van der Waals surface area contributed by atoms with Gasteiger partial charge in [-0.1, -0.05) is 13.8 Å². The highest BCUT2D eigenvalue weighted by Gasteiger charge is 2.15. The topological polar surface area (TPSA) is 47.7 Å². The number of hydrogen-bond acceptors (Lipinski definition) is 3. The fourth-order valence-electron chi connectivity index (χ4n) is 2.48. The van der Waals surface area contributed by atoms with Gasteiger partial charge in [0, 0.05) is 31.0 Å². The van der Waals surface area contributed by atoms with Crippen molar-refractivity contribution >= 4 is 0 Å². The summed E-state index contributed by atoms with van der Waals surface area (Å²) in [5.41, 5.74) is 4.92. The van der Waals surface area contributed by atoms with Crippen LogP contribution in [0.4, 0.5) is 0 Å². The zero-order valence-electron chi connectivity index (χ0n) is 12.3. The largest absolute Gasteiger partial charge is 0.316 e. The van der Waals surface area contributed by atoms with Crippen molar-refractivity contribution in [1.29, 1.82) is 0 Å². The molecule has 0 aliphatic heterocycles. The number of hydrogen-bond donors (Lipinski definition) is 1. The summed E-state index contributed by atoms with van der Waals surface area (Å²) in [6.07, 6.45) is 3.94. The number of nitrogens with one attached hydrogen (secondary N) is 1. The summed E-state index contributed by atoms with van der Waals surface area (Å²) in [4.78, 5) is 0. The molecule has 0 atom stereocenters. The third-order valence-corrected chi connectivity index (χ3v) is 3.35. The second-order valence-electron chi connectivity index (χ2n) is 4.75. The highest BCUT2D eigenvalue weighted by atomic mass is 15.3. The molecule has 0 aromatic carbocycles. The van der Waals surface area contributed by atoms with Crippen LogP contribution < -0.4 is 5.32 Å². The fourth-order valence-corrected chi connectivity index (χ4v) is 2.48. The Morgan fingerprint density at radius 2 is 2.00 bits per heavy atom. The van der Waals surface area contributed by atoms with E-state index >= 15 is 0 Å². The molecule has 104 valence electrons. The maximum Gasteiger partial charge on any atom is 0.0853 e. The Morgan fingerprint density at radius 1 is 1.21 bits per heavy atom.